The summed E-state index contributed by atoms with van der Waals surface area (Å²) < 4.78 is 7.65. The first-order valence-electron chi connectivity index (χ1n) is 12.6. The molecule has 3 heterocycles. The van der Waals surface area contributed by atoms with Crippen LogP contribution in [0, 0.1) is 0 Å². The summed E-state index contributed by atoms with van der Waals surface area (Å²) in [4.78, 5) is 40.9. The van der Waals surface area contributed by atoms with Crippen molar-refractivity contribution in [1.82, 2.24) is 24.4 Å². The number of aryl methyl sites for hydroxylation is 1. The molecule has 2 aromatic carbocycles. The summed E-state index contributed by atoms with van der Waals surface area (Å²) in [5, 5.41) is 3.04. The molecular weight excluding hydrogens is 456 g/mol. The van der Waals surface area contributed by atoms with Gasteiger partial charge in [0.2, 0.25) is 0 Å². The Kier molecular flexibility index (Phi) is 5.72. The third kappa shape index (κ3) is 4.03. The Morgan fingerprint density at radius 1 is 1.14 bits per heavy atom. The predicted molar refractivity (Wildman–Crippen MR) is 137 cm³/mol. The van der Waals surface area contributed by atoms with Crippen LogP contribution in [0.2, 0.25) is 0 Å². The Hall–Kier alpha value is -3.72. The van der Waals surface area contributed by atoms with Gasteiger partial charge in [0.25, 0.3) is 11.8 Å². The largest absolute Gasteiger partial charge is 0.368 e. The van der Waals surface area contributed by atoms with E-state index >= 15 is 0 Å². The fourth-order valence-corrected chi connectivity index (χ4v) is 5.22. The zero-order chi connectivity index (χ0) is 24.8. The van der Waals surface area contributed by atoms with Crippen molar-refractivity contribution in [3.63, 3.8) is 0 Å². The molecule has 1 atom stereocenters. The number of H-pyrrole nitrogens is 1. The molecule has 2 amide bonds. The number of para-hydroxylation sites is 2. The van der Waals surface area contributed by atoms with Gasteiger partial charge in [-0.3, -0.25) is 9.59 Å². The number of carbonyl (C=O) groups is 2. The van der Waals surface area contributed by atoms with Crippen LogP contribution in [0.3, 0.4) is 0 Å². The van der Waals surface area contributed by atoms with Gasteiger partial charge in [0.1, 0.15) is 17.8 Å². The Balaban J connectivity index is 1.33. The fraction of sp³-hybridized carbons (Fsp3) is 0.407. The number of nitrogens with one attached hydrogen (secondary N) is 2. The number of fused-ring (bicyclic) bond motifs is 2. The van der Waals surface area contributed by atoms with Crippen molar-refractivity contribution in [3.8, 4) is 0 Å². The molecule has 186 valence electrons. The SMILES string of the molecule is CN(Cc1nc2ccccc2[nH]1)C(=O)c1cc(NC(=O)[C@@H]2CCCO2)c2c(c1)nc(C1CCC1)n2C. The van der Waals surface area contributed by atoms with Gasteiger partial charge in [0.15, 0.2) is 0 Å². The minimum Gasteiger partial charge on any atom is -0.368 e. The molecule has 1 aliphatic heterocycles. The van der Waals surface area contributed by atoms with Crippen molar-refractivity contribution in [3.05, 3.63) is 53.6 Å². The smallest absolute Gasteiger partial charge is 0.254 e. The number of anilines is 1. The van der Waals surface area contributed by atoms with E-state index in [-0.39, 0.29) is 11.8 Å². The molecule has 1 aliphatic carbocycles. The third-order valence-electron chi connectivity index (χ3n) is 7.37. The molecule has 2 aromatic heterocycles. The number of hydrogen-bond acceptors (Lipinski definition) is 5. The second-order valence-electron chi connectivity index (χ2n) is 9.90. The van der Waals surface area contributed by atoms with Gasteiger partial charge >= 0.3 is 0 Å². The first-order chi connectivity index (χ1) is 17.5. The minimum absolute atomic E-state index is 0.166. The number of ether oxygens (including phenoxy) is 1. The first-order valence-corrected chi connectivity index (χ1v) is 12.6. The minimum atomic E-state index is -0.463. The van der Waals surface area contributed by atoms with Crippen molar-refractivity contribution < 1.29 is 14.3 Å². The molecule has 2 fully saturated rings. The normalized spacial score (nSPS) is 18.0. The molecule has 9 heteroatoms. The van der Waals surface area contributed by atoms with Crippen LogP contribution in [0.5, 0.6) is 0 Å². The maximum atomic E-state index is 13.5. The van der Waals surface area contributed by atoms with Crippen LogP contribution >= 0.6 is 0 Å². The highest BCUT2D eigenvalue weighted by atomic mass is 16.5. The molecule has 9 nitrogen and oxygen atoms in total. The number of rotatable bonds is 6. The van der Waals surface area contributed by atoms with Crippen LogP contribution in [0.25, 0.3) is 22.1 Å². The highest BCUT2D eigenvalue weighted by molar-refractivity contribution is 6.06. The van der Waals surface area contributed by atoms with Crippen molar-refractivity contribution in [2.45, 2.75) is 50.7 Å². The van der Waals surface area contributed by atoms with Crippen LogP contribution in [0.4, 0.5) is 5.69 Å². The summed E-state index contributed by atoms with van der Waals surface area (Å²) in [7, 11) is 3.74. The van der Waals surface area contributed by atoms with Crippen molar-refractivity contribution in [1.29, 1.82) is 0 Å². The summed E-state index contributed by atoms with van der Waals surface area (Å²) in [5.74, 6) is 1.79. The lowest BCUT2D eigenvalue weighted by atomic mass is 9.85. The molecule has 4 aromatic rings. The lowest BCUT2D eigenvalue weighted by Crippen LogP contribution is -2.28. The number of benzene rings is 2. The van der Waals surface area contributed by atoms with E-state index in [2.05, 4.69) is 19.9 Å². The summed E-state index contributed by atoms with van der Waals surface area (Å²) in [6.45, 7) is 0.925. The van der Waals surface area contributed by atoms with Gasteiger partial charge in [0.05, 0.1) is 34.3 Å². The zero-order valence-corrected chi connectivity index (χ0v) is 20.6. The Labute approximate surface area is 208 Å². The van der Waals surface area contributed by atoms with E-state index in [1.165, 1.54) is 6.42 Å². The fourth-order valence-electron chi connectivity index (χ4n) is 5.22. The molecule has 2 aliphatic rings. The lowest BCUT2D eigenvalue weighted by Gasteiger charge is -2.24. The van der Waals surface area contributed by atoms with Crippen molar-refractivity contribution in [2.75, 3.05) is 19.0 Å². The summed E-state index contributed by atoms with van der Waals surface area (Å²) in [5.41, 5.74) is 4.41. The Morgan fingerprint density at radius 2 is 1.97 bits per heavy atom. The maximum Gasteiger partial charge on any atom is 0.254 e. The van der Waals surface area contributed by atoms with Gasteiger partial charge in [-0.1, -0.05) is 18.6 Å². The number of hydrogen-bond donors (Lipinski definition) is 2. The van der Waals surface area contributed by atoms with E-state index in [9.17, 15) is 9.59 Å². The van der Waals surface area contributed by atoms with Crippen molar-refractivity contribution >= 4 is 39.6 Å². The summed E-state index contributed by atoms with van der Waals surface area (Å²) in [6, 6.07) is 11.4. The van der Waals surface area contributed by atoms with E-state index in [0.29, 0.717) is 48.1 Å². The molecule has 1 saturated carbocycles. The van der Waals surface area contributed by atoms with Crippen LogP contribution in [0.1, 0.15) is 60.0 Å². The molecule has 1 saturated heterocycles. The van der Waals surface area contributed by atoms with E-state index in [0.717, 1.165) is 41.6 Å². The van der Waals surface area contributed by atoms with Gasteiger partial charge in [0, 0.05) is 32.2 Å². The van der Waals surface area contributed by atoms with Gasteiger partial charge in [-0.05, 0) is 49.9 Å². The van der Waals surface area contributed by atoms with Crippen LogP contribution in [-0.4, -0.2) is 56.0 Å². The van der Waals surface area contributed by atoms with Gasteiger partial charge in [-0.15, -0.1) is 0 Å². The quantitative estimate of drug-likeness (QED) is 0.427. The number of aromatic nitrogens is 4. The molecular formula is C27H30N6O3. The van der Waals surface area contributed by atoms with E-state index < -0.39 is 6.10 Å². The average Bonchev–Trinajstić information content (AvgIpc) is 3.57. The first kappa shape index (κ1) is 22.7. The monoisotopic (exact) mass is 486 g/mol. The van der Waals surface area contributed by atoms with Crippen molar-refractivity contribution in [2.24, 2.45) is 7.05 Å². The van der Waals surface area contributed by atoms with E-state index in [4.69, 9.17) is 9.72 Å². The molecule has 0 unspecified atom stereocenters. The second kappa shape index (κ2) is 9.05. The molecule has 0 spiro atoms. The van der Waals surface area contributed by atoms with Crippen LogP contribution in [-0.2, 0) is 23.1 Å². The summed E-state index contributed by atoms with van der Waals surface area (Å²) in [6.07, 6.45) is 4.53. The Morgan fingerprint density at radius 3 is 2.69 bits per heavy atom. The molecule has 0 radical (unpaired) electrons. The average molecular weight is 487 g/mol. The number of amides is 2. The van der Waals surface area contributed by atoms with Crippen LogP contribution in [0.15, 0.2) is 36.4 Å². The summed E-state index contributed by atoms with van der Waals surface area (Å²) >= 11 is 0. The lowest BCUT2D eigenvalue weighted by molar-refractivity contribution is -0.124. The van der Waals surface area contributed by atoms with E-state index in [1.54, 1.807) is 18.0 Å². The topological polar surface area (TPSA) is 105 Å². The van der Waals surface area contributed by atoms with Gasteiger partial charge in [-0.2, -0.15) is 0 Å². The second-order valence-corrected chi connectivity index (χ2v) is 9.90. The Bertz CT molecular complexity index is 1430. The van der Waals surface area contributed by atoms with E-state index in [1.807, 2.05) is 37.4 Å². The number of nitrogens with zero attached hydrogens (tertiary/aromatic N) is 4. The number of imidazole rings is 2. The van der Waals surface area contributed by atoms with Gasteiger partial charge in [-0.25, -0.2) is 9.97 Å². The van der Waals surface area contributed by atoms with Gasteiger partial charge < -0.3 is 24.5 Å². The maximum absolute atomic E-state index is 13.5. The molecule has 2 N–H and O–H groups in total. The standard InChI is InChI=1S/C27H30N6O3/c1-32(15-23-28-18-9-3-4-10-19(18)29-23)27(35)17-13-20-24(33(2)25(30-20)16-7-5-8-16)21(14-17)31-26(34)22-11-6-12-36-22/h3-4,9-10,13-14,16,22H,5-8,11-12,15H2,1-2H3,(H,28,29)(H,31,34)/t22-/m0/s1. The number of carbonyl (C=O) groups excluding carboxylic acids is 2. The molecule has 6 rings (SSSR count). The third-order valence-corrected chi connectivity index (χ3v) is 7.37. The predicted octanol–water partition coefficient (Wildman–Crippen LogP) is 4.11. The number of aromatic amines is 1. The molecule has 36 heavy (non-hydrogen) atoms. The zero-order valence-electron chi connectivity index (χ0n) is 20.6. The highest BCUT2D eigenvalue weighted by Gasteiger charge is 2.29. The highest BCUT2D eigenvalue weighted by Crippen LogP contribution is 2.38. The molecule has 0 bridgehead atoms. The van der Waals surface area contributed by atoms with Crippen LogP contribution < -0.4 is 5.32 Å².